The molecule has 0 fully saturated rings. The van der Waals surface area contributed by atoms with E-state index in [1.807, 2.05) is 32.1 Å². The summed E-state index contributed by atoms with van der Waals surface area (Å²) in [6, 6.07) is 4.61. The van der Waals surface area contributed by atoms with E-state index >= 15 is 0 Å². The number of nitro benzene ring substituents is 1. The second-order valence-electron chi connectivity index (χ2n) is 7.44. The lowest BCUT2D eigenvalue weighted by Crippen LogP contribution is -2.25. The molecule has 1 aliphatic carbocycles. The van der Waals surface area contributed by atoms with E-state index in [4.69, 9.17) is 0 Å². The minimum atomic E-state index is -1.50. The van der Waals surface area contributed by atoms with Crippen LogP contribution in [0.3, 0.4) is 0 Å². The lowest BCUT2D eigenvalue weighted by atomic mass is 9.78. The Bertz CT molecular complexity index is 828. The van der Waals surface area contributed by atoms with Crippen LogP contribution in [0.25, 0.3) is 0 Å². The van der Waals surface area contributed by atoms with E-state index in [2.05, 4.69) is 43.0 Å². The van der Waals surface area contributed by atoms with E-state index in [1.54, 1.807) is 12.1 Å². The summed E-state index contributed by atoms with van der Waals surface area (Å²) in [6.45, 7) is 10.1. The summed E-state index contributed by atoms with van der Waals surface area (Å²) in [7, 11) is -1.50. The van der Waals surface area contributed by atoms with Crippen LogP contribution in [0.15, 0.2) is 59.2 Å². The van der Waals surface area contributed by atoms with Crippen molar-refractivity contribution in [3.05, 3.63) is 64.4 Å². The van der Waals surface area contributed by atoms with E-state index in [9.17, 15) is 14.3 Å². The molecule has 0 radical (unpaired) electrons. The fraction of sp³-hybridized carbons (Fsp3) is 0.400. The molecule has 0 aromatic heterocycles. The summed E-state index contributed by atoms with van der Waals surface area (Å²) >= 11 is 0. The van der Waals surface area contributed by atoms with Crippen molar-refractivity contribution in [3.63, 3.8) is 0 Å². The number of allylic oxidation sites excluding steroid dienone is 5. The quantitative estimate of drug-likeness (QED) is 0.523. The number of nitrogens with one attached hydrogen (secondary N) is 2. The van der Waals surface area contributed by atoms with Crippen molar-refractivity contribution in [2.24, 2.45) is 11.3 Å². The first-order valence-corrected chi connectivity index (χ1v) is 10.1. The molecular weight excluding hydrogens is 362 g/mol. The normalized spacial score (nSPS) is 20.5. The molecule has 0 saturated heterocycles. The summed E-state index contributed by atoms with van der Waals surface area (Å²) in [5, 5.41) is 14.7. The van der Waals surface area contributed by atoms with Crippen LogP contribution in [0.2, 0.25) is 0 Å². The molecule has 0 aliphatic heterocycles. The molecule has 2 atom stereocenters. The zero-order valence-corrected chi connectivity index (χ0v) is 17.2. The van der Waals surface area contributed by atoms with Gasteiger partial charge < -0.3 is 5.32 Å². The SMILES string of the molecule is CC(C)NS(=O)c1ccc(NC2=CC(C)(C(C)C)C=CC=C2)c([N+](=O)[O-])c1. The summed E-state index contributed by atoms with van der Waals surface area (Å²) in [6.07, 6.45) is 9.99. The highest BCUT2D eigenvalue weighted by atomic mass is 32.2. The third kappa shape index (κ3) is 5.37. The molecule has 7 heteroatoms. The van der Waals surface area contributed by atoms with Crippen LogP contribution in [0.5, 0.6) is 0 Å². The maximum Gasteiger partial charge on any atom is 0.293 e. The Labute approximate surface area is 163 Å². The van der Waals surface area contributed by atoms with E-state index in [1.165, 1.54) is 6.07 Å². The highest BCUT2D eigenvalue weighted by Gasteiger charge is 2.25. The zero-order chi connectivity index (χ0) is 20.2. The first kappa shape index (κ1) is 21.1. The first-order valence-electron chi connectivity index (χ1n) is 8.94. The van der Waals surface area contributed by atoms with E-state index in [0.717, 1.165) is 5.70 Å². The highest BCUT2D eigenvalue weighted by Crippen LogP contribution is 2.35. The molecule has 1 aromatic rings. The number of rotatable bonds is 7. The lowest BCUT2D eigenvalue weighted by molar-refractivity contribution is -0.384. The third-order valence-corrected chi connectivity index (χ3v) is 5.92. The Morgan fingerprint density at radius 3 is 2.48 bits per heavy atom. The van der Waals surface area contributed by atoms with Gasteiger partial charge in [0, 0.05) is 23.2 Å². The molecule has 0 heterocycles. The second kappa shape index (κ2) is 8.63. The van der Waals surface area contributed by atoms with Gasteiger partial charge in [0.15, 0.2) is 0 Å². The predicted octanol–water partition coefficient (Wildman–Crippen LogP) is 4.70. The number of nitro groups is 1. The van der Waals surface area contributed by atoms with Crippen LogP contribution in [-0.2, 0) is 11.0 Å². The summed E-state index contributed by atoms with van der Waals surface area (Å²) in [5.41, 5.74) is 0.885. The number of anilines is 1. The van der Waals surface area contributed by atoms with Crippen LogP contribution >= 0.6 is 0 Å². The fourth-order valence-electron chi connectivity index (χ4n) is 2.61. The molecule has 1 aromatic carbocycles. The smallest absolute Gasteiger partial charge is 0.293 e. The maximum atomic E-state index is 12.3. The number of nitrogens with zero attached hydrogens (tertiary/aromatic N) is 1. The molecule has 2 rings (SSSR count). The standard InChI is InChI=1S/C20H27N3O3S/c1-14(2)20(5)11-7-6-8-16(13-20)21-18-10-9-17(12-19(18)23(24)25)27(26)22-15(3)4/h6-15,21-22H,1-5H3. The van der Waals surface area contributed by atoms with Gasteiger partial charge in [-0.2, -0.15) is 0 Å². The lowest BCUT2D eigenvalue weighted by Gasteiger charge is -2.27. The van der Waals surface area contributed by atoms with Crippen molar-refractivity contribution in [2.75, 3.05) is 5.32 Å². The first-order chi connectivity index (χ1) is 12.6. The third-order valence-electron chi connectivity index (χ3n) is 4.55. The Kier molecular flexibility index (Phi) is 6.73. The van der Waals surface area contributed by atoms with Gasteiger partial charge >= 0.3 is 0 Å². The van der Waals surface area contributed by atoms with Crippen molar-refractivity contribution < 1.29 is 9.13 Å². The van der Waals surface area contributed by atoms with Gasteiger partial charge in [0.25, 0.3) is 5.69 Å². The van der Waals surface area contributed by atoms with Gasteiger partial charge in [-0.15, -0.1) is 0 Å². The Hall–Kier alpha value is -2.25. The molecule has 1 aliphatic rings. The van der Waals surface area contributed by atoms with Crippen LogP contribution in [-0.4, -0.2) is 15.2 Å². The number of benzene rings is 1. The van der Waals surface area contributed by atoms with Gasteiger partial charge in [-0.25, -0.2) is 8.93 Å². The molecule has 6 nitrogen and oxygen atoms in total. The Morgan fingerprint density at radius 2 is 1.89 bits per heavy atom. The monoisotopic (exact) mass is 389 g/mol. The minimum absolute atomic E-state index is 0.00480. The molecule has 146 valence electrons. The van der Waals surface area contributed by atoms with Crippen LogP contribution in [0.1, 0.15) is 34.6 Å². The summed E-state index contributed by atoms with van der Waals surface area (Å²) in [5.74, 6) is 0.368. The average molecular weight is 390 g/mol. The molecular formula is C20H27N3O3S. The summed E-state index contributed by atoms with van der Waals surface area (Å²) < 4.78 is 15.1. The van der Waals surface area contributed by atoms with E-state index < -0.39 is 15.9 Å². The Balaban J connectivity index is 2.37. The van der Waals surface area contributed by atoms with E-state index in [0.29, 0.717) is 16.5 Å². The van der Waals surface area contributed by atoms with Crippen molar-refractivity contribution in [1.29, 1.82) is 0 Å². The van der Waals surface area contributed by atoms with Crippen molar-refractivity contribution in [1.82, 2.24) is 4.72 Å². The van der Waals surface area contributed by atoms with Gasteiger partial charge in [-0.3, -0.25) is 10.1 Å². The van der Waals surface area contributed by atoms with Crippen LogP contribution in [0.4, 0.5) is 11.4 Å². The van der Waals surface area contributed by atoms with Gasteiger partial charge in [0.05, 0.1) is 9.82 Å². The van der Waals surface area contributed by atoms with Crippen LogP contribution in [0, 0.1) is 21.4 Å². The molecule has 0 saturated carbocycles. The maximum absolute atomic E-state index is 12.3. The van der Waals surface area contributed by atoms with Gasteiger partial charge in [0.1, 0.15) is 16.7 Å². The van der Waals surface area contributed by atoms with Gasteiger partial charge in [-0.1, -0.05) is 45.1 Å². The molecule has 2 unspecified atom stereocenters. The van der Waals surface area contributed by atoms with Crippen molar-refractivity contribution in [2.45, 2.75) is 45.6 Å². The Morgan fingerprint density at radius 1 is 1.19 bits per heavy atom. The number of hydrogen-bond donors (Lipinski definition) is 2. The molecule has 0 amide bonds. The van der Waals surface area contributed by atoms with Crippen LogP contribution < -0.4 is 10.0 Å². The molecule has 0 bridgehead atoms. The van der Waals surface area contributed by atoms with Crippen molar-refractivity contribution in [3.8, 4) is 0 Å². The van der Waals surface area contributed by atoms with E-state index in [-0.39, 0.29) is 17.1 Å². The molecule has 0 spiro atoms. The largest absolute Gasteiger partial charge is 0.350 e. The van der Waals surface area contributed by atoms with Crippen molar-refractivity contribution >= 4 is 22.4 Å². The molecule has 2 N–H and O–H groups in total. The number of hydrogen-bond acceptors (Lipinski definition) is 4. The van der Waals surface area contributed by atoms with Gasteiger partial charge in [-0.05, 0) is 38.0 Å². The minimum Gasteiger partial charge on any atom is -0.350 e. The second-order valence-corrected chi connectivity index (χ2v) is 8.69. The van der Waals surface area contributed by atoms with Gasteiger partial charge in [0.2, 0.25) is 0 Å². The summed E-state index contributed by atoms with van der Waals surface area (Å²) in [4.78, 5) is 11.5. The molecule has 27 heavy (non-hydrogen) atoms. The topological polar surface area (TPSA) is 84.3 Å². The average Bonchev–Trinajstić information content (AvgIpc) is 2.76. The highest BCUT2D eigenvalue weighted by molar-refractivity contribution is 7.83. The fourth-order valence-corrected chi connectivity index (χ4v) is 3.59. The predicted molar refractivity (Wildman–Crippen MR) is 111 cm³/mol. The zero-order valence-electron chi connectivity index (χ0n) is 16.4.